The van der Waals surface area contributed by atoms with Gasteiger partial charge >= 0.3 is 5.97 Å². The molecule has 6 heteroatoms. The Hall–Kier alpha value is -1.53. The van der Waals surface area contributed by atoms with Gasteiger partial charge < -0.3 is 14.6 Å². The lowest BCUT2D eigenvalue weighted by molar-refractivity contribution is -0.118. The van der Waals surface area contributed by atoms with Crippen LogP contribution in [0.3, 0.4) is 0 Å². The van der Waals surface area contributed by atoms with Gasteiger partial charge in [0.1, 0.15) is 5.60 Å². The van der Waals surface area contributed by atoms with Gasteiger partial charge in [-0.05, 0) is 13.8 Å². The van der Waals surface area contributed by atoms with Gasteiger partial charge in [-0.15, -0.1) is 0 Å². The van der Waals surface area contributed by atoms with Crippen LogP contribution in [0.4, 0.5) is 0 Å². The Morgan fingerprint density at radius 1 is 1.53 bits per heavy atom. The monoisotopic (exact) mass is 266 g/mol. The highest BCUT2D eigenvalue weighted by Gasteiger charge is 2.38. The van der Waals surface area contributed by atoms with Crippen molar-refractivity contribution >= 4 is 5.97 Å². The molecule has 1 saturated heterocycles. The van der Waals surface area contributed by atoms with Crippen LogP contribution in [0, 0.1) is 6.92 Å². The Balaban J connectivity index is 2.37. The Labute approximate surface area is 111 Å². The van der Waals surface area contributed by atoms with Crippen molar-refractivity contribution in [3.05, 3.63) is 23.3 Å². The molecule has 1 N–H and O–H groups in total. The van der Waals surface area contributed by atoms with Crippen LogP contribution in [-0.4, -0.2) is 40.9 Å². The molecule has 1 aromatic rings. The number of hydrogen-bond acceptors (Lipinski definition) is 5. The molecule has 0 aromatic carbocycles. The number of ether oxygens (including phenoxy) is 2. The van der Waals surface area contributed by atoms with E-state index in [9.17, 15) is 4.79 Å². The molecule has 19 heavy (non-hydrogen) atoms. The molecule has 0 unspecified atom stereocenters. The van der Waals surface area contributed by atoms with Crippen LogP contribution < -0.4 is 0 Å². The molecule has 0 radical (unpaired) electrons. The second-order valence-corrected chi connectivity index (χ2v) is 4.54. The van der Waals surface area contributed by atoms with E-state index in [0.717, 1.165) is 0 Å². The summed E-state index contributed by atoms with van der Waals surface area (Å²) >= 11 is 0. The fourth-order valence-electron chi connectivity index (χ4n) is 2.31. The maximum absolute atomic E-state index is 11.0. The predicted molar refractivity (Wildman–Crippen MR) is 67.1 cm³/mol. The quantitative estimate of drug-likeness (QED) is 0.890. The van der Waals surface area contributed by atoms with E-state index in [2.05, 4.69) is 9.97 Å². The third-order valence-corrected chi connectivity index (χ3v) is 3.34. The summed E-state index contributed by atoms with van der Waals surface area (Å²) in [4.78, 5) is 19.5. The molecule has 0 bridgehead atoms. The molecule has 2 heterocycles. The molecule has 0 amide bonds. The molecule has 1 aromatic heterocycles. The van der Waals surface area contributed by atoms with Crippen LogP contribution in [-0.2, 0) is 15.1 Å². The molecular weight excluding hydrogens is 248 g/mol. The predicted octanol–water partition coefficient (Wildman–Crippen LogP) is 1.53. The van der Waals surface area contributed by atoms with Crippen molar-refractivity contribution in [2.75, 3.05) is 19.8 Å². The van der Waals surface area contributed by atoms with Gasteiger partial charge in [0.25, 0.3) is 0 Å². The number of nitrogens with zero attached hydrogens (tertiary/aromatic N) is 2. The van der Waals surface area contributed by atoms with E-state index in [1.807, 2.05) is 6.92 Å². The average Bonchev–Trinajstić information content (AvgIpc) is 2.39. The number of aryl methyl sites for hydroxylation is 1. The first-order valence-electron chi connectivity index (χ1n) is 6.38. The Morgan fingerprint density at radius 2 is 2.21 bits per heavy atom. The van der Waals surface area contributed by atoms with Gasteiger partial charge in [-0.2, -0.15) is 0 Å². The van der Waals surface area contributed by atoms with Gasteiger partial charge in [0, 0.05) is 38.9 Å². The normalized spacial score (nSPS) is 18.2. The van der Waals surface area contributed by atoms with Crippen LogP contribution >= 0.6 is 0 Å². The van der Waals surface area contributed by atoms with Gasteiger partial charge in [-0.25, -0.2) is 14.8 Å². The minimum atomic E-state index is -1.01. The van der Waals surface area contributed by atoms with E-state index < -0.39 is 11.6 Å². The Bertz CT molecular complexity index is 464. The third kappa shape index (κ3) is 2.74. The van der Waals surface area contributed by atoms with Gasteiger partial charge in [0.05, 0.1) is 11.3 Å². The van der Waals surface area contributed by atoms with Gasteiger partial charge in [-0.1, -0.05) is 0 Å². The second-order valence-electron chi connectivity index (χ2n) is 4.54. The van der Waals surface area contributed by atoms with Gasteiger partial charge in [0.15, 0.2) is 5.82 Å². The zero-order valence-corrected chi connectivity index (χ0v) is 11.2. The van der Waals surface area contributed by atoms with E-state index in [0.29, 0.717) is 44.2 Å². The first-order valence-corrected chi connectivity index (χ1v) is 6.38. The highest BCUT2D eigenvalue weighted by molar-refractivity contribution is 5.88. The first-order chi connectivity index (χ1) is 9.09. The fraction of sp³-hybridized carbons (Fsp3) is 0.615. The topological polar surface area (TPSA) is 81.5 Å². The van der Waals surface area contributed by atoms with Crippen molar-refractivity contribution in [3.63, 3.8) is 0 Å². The molecule has 104 valence electrons. The lowest BCUT2D eigenvalue weighted by Crippen LogP contribution is -2.38. The first kappa shape index (κ1) is 13.9. The molecule has 6 nitrogen and oxygen atoms in total. The van der Waals surface area contributed by atoms with E-state index in [1.54, 1.807) is 6.92 Å². The van der Waals surface area contributed by atoms with Crippen molar-refractivity contribution in [1.29, 1.82) is 0 Å². The van der Waals surface area contributed by atoms with Crippen LogP contribution in [0.1, 0.15) is 41.6 Å². The maximum atomic E-state index is 11.0. The van der Waals surface area contributed by atoms with E-state index in [4.69, 9.17) is 14.6 Å². The summed E-state index contributed by atoms with van der Waals surface area (Å²) < 4.78 is 11.2. The van der Waals surface area contributed by atoms with E-state index in [1.165, 1.54) is 6.20 Å². The van der Waals surface area contributed by atoms with Crippen LogP contribution in [0.25, 0.3) is 0 Å². The summed E-state index contributed by atoms with van der Waals surface area (Å²) in [6, 6.07) is 0. The van der Waals surface area contributed by atoms with Crippen molar-refractivity contribution in [2.45, 2.75) is 32.3 Å². The number of aromatic nitrogens is 2. The number of rotatable bonds is 4. The largest absolute Gasteiger partial charge is 0.478 e. The van der Waals surface area contributed by atoms with E-state index >= 15 is 0 Å². The molecule has 0 atom stereocenters. The standard InChI is InChI=1S/C13H18N2O4/c1-3-19-13(4-6-18-7-5-13)12-14-8-10(11(16)17)9(2)15-12/h8H,3-7H2,1-2H3,(H,16,17). The minimum absolute atomic E-state index is 0.127. The summed E-state index contributed by atoms with van der Waals surface area (Å²) in [5.41, 5.74) is 0.0416. The van der Waals surface area contributed by atoms with Crippen molar-refractivity contribution in [2.24, 2.45) is 0 Å². The van der Waals surface area contributed by atoms with Crippen molar-refractivity contribution in [1.82, 2.24) is 9.97 Å². The Morgan fingerprint density at radius 3 is 2.74 bits per heavy atom. The summed E-state index contributed by atoms with van der Waals surface area (Å²) in [7, 11) is 0. The maximum Gasteiger partial charge on any atom is 0.339 e. The number of carboxylic acid groups (broad SMARTS) is 1. The zero-order chi connectivity index (χ0) is 13.9. The molecular formula is C13H18N2O4. The lowest BCUT2D eigenvalue weighted by atomic mass is 9.92. The average molecular weight is 266 g/mol. The lowest BCUT2D eigenvalue weighted by Gasteiger charge is -2.35. The van der Waals surface area contributed by atoms with E-state index in [-0.39, 0.29) is 5.56 Å². The second kappa shape index (κ2) is 5.63. The number of aromatic carboxylic acids is 1. The smallest absolute Gasteiger partial charge is 0.339 e. The summed E-state index contributed by atoms with van der Waals surface area (Å²) in [6.45, 7) is 5.36. The highest BCUT2D eigenvalue weighted by atomic mass is 16.5. The summed E-state index contributed by atoms with van der Waals surface area (Å²) in [5.74, 6) is -0.457. The van der Waals surface area contributed by atoms with Crippen LogP contribution in [0.5, 0.6) is 0 Å². The SMILES string of the molecule is CCOC1(c2ncc(C(=O)O)c(C)n2)CCOCC1. The highest BCUT2D eigenvalue weighted by Crippen LogP contribution is 2.34. The minimum Gasteiger partial charge on any atom is -0.478 e. The third-order valence-electron chi connectivity index (χ3n) is 3.34. The zero-order valence-electron chi connectivity index (χ0n) is 11.2. The van der Waals surface area contributed by atoms with Crippen LogP contribution in [0.2, 0.25) is 0 Å². The van der Waals surface area contributed by atoms with Crippen molar-refractivity contribution in [3.8, 4) is 0 Å². The van der Waals surface area contributed by atoms with Crippen LogP contribution in [0.15, 0.2) is 6.20 Å². The van der Waals surface area contributed by atoms with Gasteiger partial charge in [-0.3, -0.25) is 0 Å². The van der Waals surface area contributed by atoms with Gasteiger partial charge in [0.2, 0.25) is 0 Å². The molecule has 1 fully saturated rings. The van der Waals surface area contributed by atoms with Crippen molar-refractivity contribution < 1.29 is 19.4 Å². The summed E-state index contributed by atoms with van der Waals surface area (Å²) in [5, 5.41) is 9.00. The molecule has 2 rings (SSSR count). The summed E-state index contributed by atoms with van der Waals surface area (Å²) in [6.07, 6.45) is 2.73. The molecule has 0 saturated carbocycles. The fourth-order valence-corrected chi connectivity index (χ4v) is 2.31. The Kier molecular flexibility index (Phi) is 4.11. The number of carbonyl (C=O) groups is 1. The number of carboxylic acids is 1. The molecule has 1 aliphatic heterocycles. The number of hydrogen-bond donors (Lipinski definition) is 1. The molecule has 0 aliphatic carbocycles. The molecule has 0 spiro atoms. The molecule has 1 aliphatic rings.